The van der Waals surface area contributed by atoms with Crippen molar-refractivity contribution in [2.75, 3.05) is 55.4 Å². The average molecular weight is 460 g/mol. The van der Waals surface area contributed by atoms with Gasteiger partial charge in [-0.25, -0.2) is 0 Å². The van der Waals surface area contributed by atoms with E-state index in [2.05, 4.69) is 39.4 Å². The van der Waals surface area contributed by atoms with Crippen LogP contribution in [0, 0.1) is 10.1 Å². The zero-order chi connectivity index (χ0) is 24.1. The van der Waals surface area contributed by atoms with E-state index in [0.29, 0.717) is 11.4 Å². The third-order valence-electron chi connectivity index (χ3n) is 6.03. The summed E-state index contributed by atoms with van der Waals surface area (Å²) in [5, 5.41) is 14.2. The highest BCUT2D eigenvalue weighted by Crippen LogP contribution is 2.28. The molecule has 176 valence electrons. The molecule has 34 heavy (non-hydrogen) atoms. The van der Waals surface area contributed by atoms with Crippen molar-refractivity contribution in [2.45, 2.75) is 6.54 Å². The van der Waals surface area contributed by atoms with Gasteiger partial charge in [0, 0.05) is 69.8 Å². The molecule has 0 atom stereocenters. The van der Waals surface area contributed by atoms with Crippen LogP contribution in [-0.2, 0) is 6.54 Å². The van der Waals surface area contributed by atoms with Crippen LogP contribution in [0.25, 0.3) is 0 Å². The fraction of sp³-hybridized carbons (Fsp3) is 0.269. The van der Waals surface area contributed by atoms with Crippen LogP contribution in [0.5, 0.6) is 0 Å². The van der Waals surface area contributed by atoms with Crippen molar-refractivity contribution in [2.24, 2.45) is 0 Å². The maximum atomic E-state index is 12.7. The summed E-state index contributed by atoms with van der Waals surface area (Å²) in [7, 11) is 3.46. The third kappa shape index (κ3) is 5.52. The van der Waals surface area contributed by atoms with Gasteiger partial charge < -0.3 is 15.1 Å². The lowest BCUT2D eigenvalue weighted by Gasteiger charge is -2.36. The largest absolute Gasteiger partial charge is 0.372 e. The van der Waals surface area contributed by atoms with E-state index in [0.717, 1.165) is 38.4 Å². The monoisotopic (exact) mass is 459 g/mol. The molecule has 1 fully saturated rings. The van der Waals surface area contributed by atoms with E-state index >= 15 is 0 Å². The number of anilines is 3. The number of nitrogens with one attached hydrogen (secondary N) is 1. The number of hydrogen-bond donors (Lipinski definition) is 1. The standard InChI is InChI=1S/C26H29N5O3/c1-28(2)24-13-8-21(18-25(24)31(33)34)26(32)27-22-9-11-23(12-10-22)30-16-14-29(15-17-30)19-20-6-4-3-5-7-20/h3-13,18H,14-17,19H2,1-2H3,(H,27,32). The molecule has 4 rings (SSSR count). The number of piperazine rings is 1. The van der Waals surface area contributed by atoms with Crippen molar-refractivity contribution in [1.29, 1.82) is 0 Å². The molecule has 1 aliphatic rings. The van der Waals surface area contributed by atoms with Crippen LogP contribution in [0.2, 0.25) is 0 Å². The summed E-state index contributed by atoms with van der Waals surface area (Å²) < 4.78 is 0. The number of carbonyl (C=O) groups excluding carboxylic acids is 1. The van der Waals surface area contributed by atoms with E-state index in [9.17, 15) is 14.9 Å². The van der Waals surface area contributed by atoms with Crippen molar-refractivity contribution in [1.82, 2.24) is 4.90 Å². The molecule has 0 unspecified atom stereocenters. The van der Waals surface area contributed by atoms with Gasteiger partial charge in [0.25, 0.3) is 11.6 Å². The third-order valence-corrected chi connectivity index (χ3v) is 6.03. The van der Waals surface area contributed by atoms with Crippen LogP contribution in [0.3, 0.4) is 0 Å². The predicted molar refractivity (Wildman–Crippen MR) is 136 cm³/mol. The van der Waals surface area contributed by atoms with E-state index in [4.69, 9.17) is 0 Å². The van der Waals surface area contributed by atoms with E-state index in [1.807, 2.05) is 30.3 Å². The van der Waals surface area contributed by atoms with Crippen LogP contribution in [-0.4, -0.2) is 56.0 Å². The van der Waals surface area contributed by atoms with Crippen LogP contribution in [0.1, 0.15) is 15.9 Å². The molecule has 1 amide bonds. The summed E-state index contributed by atoms with van der Waals surface area (Å²) in [6.07, 6.45) is 0. The minimum atomic E-state index is -0.472. The summed E-state index contributed by atoms with van der Waals surface area (Å²) in [5.74, 6) is -0.379. The van der Waals surface area contributed by atoms with Crippen molar-refractivity contribution in [3.05, 3.63) is 94.0 Å². The summed E-state index contributed by atoms with van der Waals surface area (Å²) in [4.78, 5) is 30.1. The fourth-order valence-corrected chi connectivity index (χ4v) is 4.15. The highest BCUT2D eigenvalue weighted by molar-refractivity contribution is 6.05. The second-order valence-corrected chi connectivity index (χ2v) is 8.60. The molecule has 1 saturated heterocycles. The number of hydrogen-bond acceptors (Lipinski definition) is 6. The minimum Gasteiger partial charge on any atom is -0.372 e. The summed E-state index contributed by atoms with van der Waals surface area (Å²) in [6, 6.07) is 22.7. The second kappa shape index (κ2) is 10.4. The Hall–Kier alpha value is -3.91. The zero-order valence-corrected chi connectivity index (χ0v) is 19.5. The SMILES string of the molecule is CN(C)c1ccc(C(=O)Nc2ccc(N3CCN(Cc4ccccc4)CC3)cc2)cc1[N+](=O)[O-]. The van der Waals surface area contributed by atoms with Crippen molar-refractivity contribution >= 4 is 28.7 Å². The van der Waals surface area contributed by atoms with Gasteiger partial charge in [0.2, 0.25) is 0 Å². The molecule has 1 heterocycles. The number of nitrogens with zero attached hydrogens (tertiary/aromatic N) is 4. The van der Waals surface area contributed by atoms with Gasteiger partial charge in [0.05, 0.1) is 4.92 Å². The van der Waals surface area contributed by atoms with Gasteiger partial charge in [-0.3, -0.25) is 19.8 Å². The van der Waals surface area contributed by atoms with E-state index < -0.39 is 4.92 Å². The predicted octanol–water partition coefficient (Wildman–Crippen LogP) is 4.24. The normalized spacial score (nSPS) is 14.0. The number of nitro groups is 1. The number of amides is 1. The van der Waals surface area contributed by atoms with Crippen LogP contribution >= 0.6 is 0 Å². The Balaban J connectivity index is 1.35. The lowest BCUT2D eigenvalue weighted by molar-refractivity contribution is -0.384. The Morgan fingerprint density at radius 1 is 0.971 bits per heavy atom. The minimum absolute atomic E-state index is 0.0978. The Morgan fingerprint density at radius 3 is 2.26 bits per heavy atom. The van der Waals surface area contributed by atoms with Gasteiger partial charge in [0.15, 0.2) is 0 Å². The lowest BCUT2D eigenvalue weighted by atomic mass is 10.1. The topological polar surface area (TPSA) is 82.0 Å². The number of nitro benzene ring substituents is 1. The highest BCUT2D eigenvalue weighted by atomic mass is 16.6. The molecular formula is C26H29N5O3. The Labute approximate surface area is 199 Å². The van der Waals surface area contributed by atoms with Gasteiger partial charge in [-0.05, 0) is 42.0 Å². The van der Waals surface area contributed by atoms with Crippen LogP contribution in [0.15, 0.2) is 72.8 Å². The first-order chi connectivity index (χ1) is 16.4. The molecular weight excluding hydrogens is 430 g/mol. The van der Waals surface area contributed by atoms with Gasteiger partial charge in [-0.15, -0.1) is 0 Å². The summed E-state index contributed by atoms with van der Waals surface area (Å²) in [6.45, 7) is 4.85. The molecule has 8 nitrogen and oxygen atoms in total. The molecule has 1 aliphatic heterocycles. The smallest absolute Gasteiger partial charge is 0.293 e. The molecule has 1 N–H and O–H groups in total. The molecule has 0 aromatic heterocycles. The van der Waals surface area contributed by atoms with Gasteiger partial charge in [-0.1, -0.05) is 30.3 Å². The maximum absolute atomic E-state index is 12.7. The van der Waals surface area contributed by atoms with Gasteiger partial charge in [0.1, 0.15) is 5.69 Å². The Morgan fingerprint density at radius 2 is 1.65 bits per heavy atom. The first-order valence-electron chi connectivity index (χ1n) is 11.3. The van der Waals surface area contributed by atoms with Crippen LogP contribution in [0.4, 0.5) is 22.7 Å². The molecule has 3 aromatic rings. The Bertz CT molecular complexity index is 1140. The molecule has 8 heteroatoms. The fourth-order valence-electron chi connectivity index (χ4n) is 4.15. The molecule has 0 saturated carbocycles. The molecule has 0 bridgehead atoms. The molecule has 3 aromatic carbocycles. The van der Waals surface area contributed by atoms with Crippen molar-refractivity contribution in [3.8, 4) is 0 Å². The van der Waals surface area contributed by atoms with E-state index in [-0.39, 0.29) is 17.2 Å². The summed E-state index contributed by atoms with van der Waals surface area (Å²) >= 11 is 0. The zero-order valence-electron chi connectivity index (χ0n) is 19.5. The van der Waals surface area contributed by atoms with E-state index in [1.54, 1.807) is 31.1 Å². The Kier molecular flexibility index (Phi) is 7.08. The van der Waals surface area contributed by atoms with Gasteiger partial charge >= 0.3 is 0 Å². The quantitative estimate of drug-likeness (QED) is 0.421. The molecule has 0 spiro atoms. The first-order valence-corrected chi connectivity index (χ1v) is 11.3. The van der Waals surface area contributed by atoms with Crippen molar-refractivity contribution in [3.63, 3.8) is 0 Å². The maximum Gasteiger partial charge on any atom is 0.293 e. The molecule has 0 radical (unpaired) electrons. The summed E-state index contributed by atoms with van der Waals surface area (Å²) in [5.41, 5.74) is 3.70. The second-order valence-electron chi connectivity index (χ2n) is 8.60. The number of carbonyl (C=O) groups is 1. The lowest BCUT2D eigenvalue weighted by Crippen LogP contribution is -2.45. The molecule has 0 aliphatic carbocycles. The van der Waals surface area contributed by atoms with E-state index in [1.165, 1.54) is 11.6 Å². The number of benzene rings is 3. The van der Waals surface area contributed by atoms with Crippen LogP contribution < -0.4 is 15.1 Å². The highest BCUT2D eigenvalue weighted by Gasteiger charge is 2.20. The average Bonchev–Trinajstić information content (AvgIpc) is 2.85. The number of rotatable bonds is 7. The van der Waals surface area contributed by atoms with Crippen molar-refractivity contribution < 1.29 is 9.72 Å². The first kappa shape index (κ1) is 23.3. The van der Waals surface area contributed by atoms with Gasteiger partial charge in [-0.2, -0.15) is 0 Å².